The third-order valence-electron chi connectivity index (χ3n) is 4.04. The third kappa shape index (κ3) is 2.57. The minimum atomic E-state index is -1.40. The Balaban J connectivity index is 1.80. The van der Waals surface area contributed by atoms with Gasteiger partial charge in [-0.3, -0.25) is 9.59 Å². The zero-order valence-electron chi connectivity index (χ0n) is 12.3. The summed E-state index contributed by atoms with van der Waals surface area (Å²) >= 11 is 1.47. The first kappa shape index (κ1) is 15.8. The summed E-state index contributed by atoms with van der Waals surface area (Å²) in [4.78, 5) is 37.5. The maximum absolute atomic E-state index is 12.5. The van der Waals surface area contributed by atoms with Gasteiger partial charge in [0.1, 0.15) is 11.4 Å². The van der Waals surface area contributed by atoms with Crippen LogP contribution in [0.25, 0.3) is 0 Å². The van der Waals surface area contributed by atoms with E-state index in [9.17, 15) is 19.5 Å². The number of nitrogens with one attached hydrogen (secondary N) is 1. The van der Waals surface area contributed by atoms with Gasteiger partial charge in [-0.2, -0.15) is 0 Å². The predicted molar refractivity (Wildman–Crippen MR) is 82.8 cm³/mol. The molecule has 1 aromatic carbocycles. The lowest BCUT2D eigenvalue weighted by atomic mass is 10.1. The number of carboxylic acid groups (broad SMARTS) is 1. The van der Waals surface area contributed by atoms with Crippen LogP contribution in [-0.2, 0) is 9.59 Å². The van der Waals surface area contributed by atoms with Gasteiger partial charge in [-0.25, -0.2) is 4.79 Å². The number of benzene rings is 1. The van der Waals surface area contributed by atoms with Crippen molar-refractivity contribution in [2.75, 3.05) is 5.75 Å². The highest BCUT2D eigenvalue weighted by Gasteiger charge is 2.48. The van der Waals surface area contributed by atoms with Gasteiger partial charge in [0.25, 0.3) is 5.91 Å². The molecule has 2 aliphatic heterocycles. The molecule has 8 heteroatoms. The van der Waals surface area contributed by atoms with Crippen molar-refractivity contribution in [3.8, 4) is 0 Å². The Kier molecular flexibility index (Phi) is 4.03. The second kappa shape index (κ2) is 5.86. The summed E-state index contributed by atoms with van der Waals surface area (Å²) < 4.78 is 0. The fourth-order valence-electron chi connectivity index (χ4n) is 2.88. The van der Waals surface area contributed by atoms with E-state index in [2.05, 4.69) is 5.32 Å². The Bertz CT molecular complexity index is 678. The maximum Gasteiger partial charge on any atom is 0.328 e. The average Bonchev–Trinajstić information content (AvgIpc) is 3.05. The Labute approximate surface area is 136 Å². The number of aliphatic hydroxyl groups is 1. The fraction of sp³-hybridized carbons (Fsp3) is 0.400. The van der Waals surface area contributed by atoms with Gasteiger partial charge in [0.05, 0.1) is 6.10 Å². The smallest absolute Gasteiger partial charge is 0.328 e. The van der Waals surface area contributed by atoms with E-state index in [1.54, 1.807) is 12.1 Å². The van der Waals surface area contributed by atoms with Gasteiger partial charge in [0, 0.05) is 11.3 Å². The molecule has 3 rings (SSSR count). The number of aliphatic hydroxyl groups excluding tert-OH is 1. The minimum Gasteiger partial charge on any atom is -0.480 e. The molecule has 7 nitrogen and oxygen atoms in total. The average molecular weight is 336 g/mol. The number of carbonyl (C=O) groups excluding carboxylic acids is 2. The molecule has 23 heavy (non-hydrogen) atoms. The van der Waals surface area contributed by atoms with Crippen molar-refractivity contribution in [2.45, 2.75) is 30.5 Å². The number of amides is 2. The van der Waals surface area contributed by atoms with Crippen molar-refractivity contribution < 1.29 is 24.6 Å². The number of aliphatic carboxylic acids is 1. The Morgan fingerprint density at radius 3 is 2.74 bits per heavy atom. The van der Waals surface area contributed by atoms with Crippen molar-refractivity contribution in [1.29, 1.82) is 0 Å². The highest BCUT2D eigenvalue weighted by molar-refractivity contribution is 7.99. The van der Waals surface area contributed by atoms with Gasteiger partial charge in [0.15, 0.2) is 6.04 Å². The van der Waals surface area contributed by atoms with Crippen LogP contribution in [0.2, 0.25) is 0 Å². The lowest BCUT2D eigenvalue weighted by Crippen LogP contribution is -2.54. The van der Waals surface area contributed by atoms with E-state index >= 15 is 0 Å². The van der Waals surface area contributed by atoms with Crippen LogP contribution in [0, 0.1) is 0 Å². The molecule has 0 radical (unpaired) electrons. The van der Waals surface area contributed by atoms with E-state index in [1.807, 2.05) is 12.1 Å². The predicted octanol–water partition coefficient (Wildman–Crippen LogP) is 0.207. The minimum absolute atomic E-state index is 0.218. The molecule has 2 heterocycles. The molecule has 0 spiro atoms. The Hall–Kier alpha value is -2.06. The first-order chi connectivity index (χ1) is 10.9. The molecule has 2 amide bonds. The number of fused-ring (bicyclic) bond motifs is 3. The highest BCUT2D eigenvalue weighted by Crippen LogP contribution is 2.48. The van der Waals surface area contributed by atoms with Crippen LogP contribution >= 0.6 is 11.8 Å². The first-order valence-electron chi connectivity index (χ1n) is 7.16. The first-order valence-corrected chi connectivity index (χ1v) is 8.21. The van der Waals surface area contributed by atoms with E-state index in [0.29, 0.717) is 11.3 Å². The third-order valence-corrected chi connectivity index (χ3v) is 5.35. The van der Waals surface area contributed by atoms with Gasteiger partial charge in [-0.1, -0.05) is 18.2 Å². The van der Waals surface area contributed by atoms with E-state index < -0.39 is 30.1 Å². The molecule has 0 saturated carbocycles. The Morgan fingerprint density at radius 1 is 1.39 bits per heavy atom. The quantitative estimate of drug-likeness (QED) is 0.725. The van der Waals surface area contributed by atoms with Gasteiger partial charge in [-0.15, -0.1) is 11.8 Å². The van der Waals surface area contributed by atoms with E-state index in [0.717, 1.165) is 5.56 Å². The summed E-state index contributed by atoms with van der Waals surface area (Å²) in [6.45, 7) is 1.29. The maximum atomic E-state index is 12.5. The SMILES string of the molecule is C[C@H](O)[C@H](NC(=O)[C@H]1CS[C@H]2c3ccccc3C(=O)N12)C(=O)O. The summed E-state index contributed by atoms with van der Waals surface area (Å²) in [6, 6.07) is 5.06. The molecule has 2 aliphatic rings. The zero-order chi connectivity index (χ0) is 16.7. The van der Waals surface area contributed by atoms with Gasteiger partial charge in [0.2, 0.25) is 5.91 Å². The van der Waals surface area contributed by atoms with Crippen molar-refractivity contribution in [3.05, 3.63) is 35.4 Å². The lowest BCUT2D eigenvalue weighted by Gasteiger charge is -2.25. The van der Waals surface area contributed by atoms with Crippen molar-refractivity contribution in [3.63, 3.8) is 0 Å². The van der Waals surface area contributed by atoms with Crippen LogP contribution in [0.4, 0.5) is 0 Å². The summed E-state index contributed by atoms with van der Waals surface area (Å²) in [6.07, 6.45) is -1.23. The van der Waals surface area contributed by atoms with Crippen LogP contribution in [-0.4, -0.2) is 56.8 Å². The van der Waals surface area contributed by atoms with E-state index in [-0.39, 0.29) is 11.3 Å². The van der Waals surface area contributed by atoms with Crippen LogP contribution in [0.5, 0.6) is 0 Å². The molecule has 3 N–H and O–H groups in total. The molecule has 1 fully saturated rings. The standard InChI is InChI=1S/C15H16N2O5S/c1-7(18)11(15(21)22)16-12(19)10-6-23-14-9-5-3-2-4-8(9)13(20)17(10)14/h2-5,7,10-11,14,18H,6H2,1H3,(H,16,19)(H,21,22)/t7-,10+,11-,14-/m0/s1. The molecule has 0 bridgehead atoms. The molecule has 0 unspecified atom stereocenters. The molecule has 0 aliphatic carbocycles. The summed E-state index contributed by atoms with van der Waals surface area (Å²) in [5.74, 6) is -1.70. The van der Waals surface area contributed by atoms with Crippen LogP contribution in [0.15, 0.2) is 24.3 Å². The van der Waals surface area contributed by atoms with E-state index in [1.165, 1.54) is 23.6 Å². The van der Waals surface area contributed by atoms with Crippen molar-refractivity contribution in [1.82, 2.24) is 10.2 Å². The van der Waals surface area contributed by atoms with Crippen molar-refractivity contribution >= 4 is 29.5 Å². The molecular weight excluding hydrogens is 320 g/mol. The topological polar surface area (TPSA) is 107 Å². The molecular formula is C15H16N2O5S. The number of nitrogens with zero attached hydrogens (tertiary/aromatic N) is 1. The van der Waals surface area contributed by atoms with Crippen LogP contribution in [0.3, 0.4) is 0 Å². The molecule has 4 atom stereocenters. The van der Waals surface area contributed by atoms with Crippen LogP contribution in [0.1, 0.15) is 28.2 Å². The van der Waals surface area contributed by atoms with Gasteiger partial charge in [-0.05, 0) is 18.6 Å². The van der Waals surface area contributed by atoms with Gasteiger partial charge >= 0.3 is 5.97 Å². The summed E-state index contributed by atoms with van der Waals surface area (Å²) in [5.41, 5.74) is 1.45. The van der Waals surface area contributed by atoms with Crippen molar-refractivity contribution in [2.24, 2.45) is 0 Å². The van der Waals surface area contributed by atoms with Crippen LogP contribution < -0.4 is 5.32 Å². The summed E-state index contributed by atoms with van der Waals surface area (Å²) in [7, 11) is 0. The fourth-order valence-corrected chi connectivity index (χ4v) is 4.35. The molecule has 1 saturated heterocycles. The van der Waals surface area contributed by atoms with Gasteiger partial charge < -0.3 is 20.4 Å². The molecule has 1 aromatic rings. The molecule has 122 valence electrons. The number of carboxylic acids is 1. The monoisotopic (exact) mass is 336 g/mol. The number of hydrogen-bond donors (Lipinski definition) is 3. The normalized spacial score (nSPS) is 24.8. The second-order valence-electron chi connectivity index (χ2n) is 5.57. The van der Waals surface area contributed by atoms with E-state index in [4.69, 9.17) is 5.11 Å². The number of thioether (sulfide) groups is 1. The number of rotatable bonds is 4. The highest BCUT2D eigenvalue weighted by atomic mass is 32.2. The largest absolute Gasteiger partial charge is 0.480 e. The number of carbonyl (C=O) groups is 3. The Morgan fingerprint density at radius 2 is 2.09 bits per heavy atom. The lowest BCUT2D eigenvalue weighted by molar-refractivity contribution is -0.145. The number of hydrogen-bond acceptors (Lipinski definition) is 5. The molecule has 0 aromatic heterocycles. The zero-order valence-corrected chi connectivity index (χ0v) is 13.1. The summed E-state index contributed by atoms with van der Waals surface area (Å²) in [5, 5.41) is 20.6. The second-order valence-corrected chi connectivity index (χ2v) is 6.68.